The Labute approximate surface area is 110 Å². The van der Waals surface area contributed by atoms with E-state index in [0.717, 1.165) is 5.92 Å². The van der Waals surface area contributed by atoms with Crippen LogP contribution in [0.1, 0.15) is 57.3 Å². The van der Waals surface area contributed by atoms with Crippen molar-refractivity contribution in [3.63, 3.8) is 0 Å². The highest BCUT2D eigenvalue weighted by molar-refractivity contribution is 5.02. The van der Waals surface area contributed by atoms with Crippen LogP contribution in [0.15, 0.2) is 22.8 Å². The van der Waals surface area contributed by atoms with Crippen molar-refractivity contribution < 1.29 is 9.52 Å². The number of nitrogens with one attached hydrogen (secondary N) is 1. The van der Waals surface area contributed by atoms with Crippen LogP contribution >= 0.6 is 0 Å². The molecule has 2 unspecified atom stereocenters. The summed E-state index contributed by atoms with van der Waals surface area (Å²) in [7, 11) is 0. The molecule has 0 aliphatic heterocycles. The van der Waals surface area contributed by atoms with Crippen molar-refractivity contribution >= 4 is 0 Å². The summed E-state index contributed by atoms with van der Waals surface area (Å²) in [6.07, 6.45) is 9.27. The molecule has 0 radical (unpaired) electrons. The van der Waals surface area contributed by atoms with Gasteiger partial charge in [0.25, 0.3) is 0 Å². The maximum absolute atomic E-state index is 9.88. The molecule has 102 valence electrons. The lowest BCUT2D eigenvalue weighted by atomic mass is 9.99. The molecule has 3 heteroatoms. The fraction of sp³-hybridized carbons (Fsp3) is 0.733. The Balaban J connectivity index is 1.60. The number of hydrogen-bond acceptors (Lipinski definition) is 3. The first-order valence-electron chi connectivity index (χ1n) is 7.20. The van der Waals surface area contributed by atoms with E-state index in [9.17, 15) is 5.11 Å². The summed E-state index contributed by atoms with van der Waals surface area (Å²) in [5.74, 6) is 1.59. The molecule has 1 aliphatic carbocycles. The average Bonchev–Trinajstić information content (AvgIpc) is 3.05. The van der Waals surface area contributed by atoms with Crippen molar-refractivity contribution in [1.29, 1.82) is 0 Å². The van der Waals surface area contributed by atoms with E-state index in [1.165, 1.54) is 38.5 Å². The summed E-state index contributed by atoms with van der Waals surface area (Å²) in [6.45, 7) is 2.77. The van der Waals surface area contributed by atoms with E-state index in [4.69, 9.17) is 4.42 Å². The Kier molecular flexibility index (Phi) is 5.26. The summed E-state index contributed by atoms with van der Waals surface area (Å²) in [5, 5.41) is 13.3. The molecule has 2 N–H and O–H groups in total. The largest absolute Gasteiger partial charge is 0.467 e. The molecule has 0 spiro atoms. The molecule has 0 bridgehead atoms. The fourth-order valence-corrected chi connectivity index (χ4v) is 2.78. The quantitative estimate of drug-likeness (QED) is 0.782. The zero-order valence-corrected chi connectivity index (χ0v) is 11.3. The van der Waals surface area contributed by atoms with E-state index >= 15 is 0 Å². The van der Waals surface area contributed by atoms with Crippen molar-refractivity contribution in [2.45, 2.75) is 57.6 Å². The van der Waals surface area contributed by atoms with Gasteiger partial charge in [-0.25, -0.2) is 0 Å². The topological polar surface area (TPSA) is 45.4 Å². The summed E-state index contributed by atoms with van der Waals surface area (Å²) >= 11 is 0. The monoisotopic (exact) mass is 251 g/mol. The van der Waals surface area contributed by atoms with Crippen LogP contribution in [0.2, 0.25) is 0 Å². The van der Waals surface area contributed by atoms with Gasteiger partial charge in [-0.05, 0) is 37.8 Å². The molecule has 1 heterocycles. The van der Waals surface area contributed by atoms with Crippen LogP contribution in [-0.2, 0) is 0 Å². The third-order valence-electron chi connectivity index (χ3n) is 4.01. The van der Waals surface area contributed by atoms with E-state index in [-0.39, 0.29) is 0 Å². The van der Waals surface area contributed by atoms with Gasteiger partial charge in [0.2, 0.25) is 0 Å². The van der Waals surface area contributed by atoms with Gasteiger partial charge in [0, 0.05) is 12.6 Å². The zero-order chi connectivity index (χ0) is 12.8. The Morgan fingerprint density at radius 3 is 2.89 bits per heavy atom. The van der Waals surface area contributed by atoms with Gasteiger partial charge in [-0.15, -0.1) is 0 Å². The standard InChI is InChI=1S/C15H25NO2/c1-12(8-9-13-5-2-3-6-13)16-11-14(17)15-7-4-10-18-15/h4,7,10,12-14,16-17H,2-3,5-6,8-9,11H2,1H3. The van der Waals surface area contributed by atoms with E-state index in [1.54, 1.807) is 6.26 Å². The molecule has 2 rings (SSSR count). The summed E-state index contributed by atoms with van der Waals surface area (Å²) in [5.41, 5.74) is 0. The number of aliphatic hydroxyl groups excluding tert-OH is 1. The van der Waals surface area contributed by atoms with Crippen LogP contribution < -0.4 is 5.32 Å². The fourth-order valence-electron chi connectivity index (χ4n) is 2.78. The zero-order valence-electron chi connectivity index (χ0n) is 11.3. The number of furan rings is 1. The molecule has 1 fully saturated rings. The second kappa shape index (κ2) is 6.95. The summed E-state index contributed by atoms with van der Waals surface area (Å²) in [4.78, 5) is 0. The number of hydrogen-bond donors (Lipinski definition) is 2. The lowest BCUT2D eigenvalue weighted by Gasteiger charge is -2.17. The molecule has 0 aromatic carbocycles. The first-order chi connectivity index (χ1) is 8.75. The average molecular weight is 251 g/mol. The predicted molar refractivity (Wildman–Crippen MR) is 72.3 cm³/mol. The Morgan fingerprint density at radius 2 is 2.22 bits per heavy atom. The first kappa shape index (κ1) is 13.6. The van der Waals surface area contributed by atoms with Gasteiger partial charge < -0.3 is 14.8 Å². The van der Waals surface area contributed by atoms with Crippen LogP contribution in [0.25, 0.3) is 0 Å². The van der Waals surface area contributed by atoms with Crippen molar-refractivity contribution in [1.82, 2.24) is 5.32 Å². The predicted octanol–water partition coefficient (Wildman–Crippen LogP) is 3.26. The van der Waals surface area contributed by atoms with Gasteiger partial charge in [0.1, 0.15) is 11.9 Å². The van der Waals surface area contributed by atoms with Gasteiger partial charge in [-0.2, -0.15) is 0 Å². The first-order valence-corrected chi connectivity index (χ1v) is 7.20. The Bertz CT molecular complexity index is 317. The molecule has 0 amide bonds. The molecular formula is C15H25NO2. The van der Waals surface area contributed by atoms with Gasteiger partial charge >= 0.3 is 0 Å². The molecule has 1 aliphatic rings. The van der Waals surface area contributed by atoms with Crippen LogP contribution in [0.3, 0.4) is 0 Å². The second-order valence-electron chi connectivity index (χ2n) is 5.57. The minimum Gasteiger partial charge on any atom is -0.467 e. The van der Waals surface area contributed by atoms with Crippen LogP contribution in [0, 0.1) is 5.92 Å². The molecule has 0 saturated heterocycles. The maximum Gasteiger partial charge on any atom is 0.133 e. The van der Waals surface area contributed by atoms with Gasteiger partial charge in [0.15, 0.2) is 0 Å². The van der Waals surface area contributed by atoms with Gasteiger partial charge in [0.05, 0.1) is 6.26 Å². The maximum atomic E-state index is 9.88. The van der Waals surface area contributed by atoms with E-state index in [0.29, 0.717) is 18.3 Å². The third kappa shape index (κ3) is 4.14. The lowest BCUT2D eigenvalue weighted by molar-refractivity contribution is 0.143. The minimum absolute atomic E-state index is 0.468. The van der Waals surface area contributed by atoms with Crippen molar-refractivity contribution in [2.24, 2.45) is 5.92 Å². The molecular weight excluding hydrogens is 226 g/mol. The highest BCUT2D eigenvalue weighted by Crippen LogP contribution is 2.28. The van der Waals surface area contributed by atoms with Gasteiger partial charge in [-0.1, -0.05) is 25.7 Å². The van der Waals surface area contributed by atoms with Crippen molar-refractivity contribution in [3.05, 3.63) is 24.2 Å². The van der Waals surface area contributed by atoms with Crippen LogP contribution in [-0.4, -0.2) is 17.7 Å². The second-order valence-corrected chi connectivity index (χ2v) is 5.57. The van der Waals surface area contributed by atoms with Gasteiger partial charge in [-0.3, -0.25) is 0 Å². The van der Waals surface area contributed by atoms with Crippen molar-refractivity contribution in [2.75, 3.05) is 6.54 Å². The molecule has 1 aromatic rings. The molecule has 1 saturated carbocycles. The van der Waals surface area contributed by atoms with E-state index in [1.807, 2.05) is 12.1 Å². The molecule has 3 nitrogen and oxygen atoms in total. The van der Waals surface area contributed by atoms with Crippen molar-refractivity contribution in [3.8, 4) is 0 Å². The number of aliphatic hydroxyl groups is 1. The highest BCUT2D eigenvalue weighted by Gasteiger charge is 2.16. The lowest BCUT2D eigenvalue weighted by Crippen LogP contribution is -2.30. The normalized spacial score (nSPS) is 20.1. The molecule has 18 heavy (non-hydrogen) atoms. The molecule has 2 atom stereocenters. The Hall–Kier alpha value is -0.800. The summed E-state index contributed by atoms with van der Waals surface area (Å²) in [6, 6.07) is 4.09. The number of rotatable bonds is 7. The SMILES string of the molecule is CC(CCC1CCCC1)NCC(O)c1ccco1. The molecule has 1 aromatic heterocycles. The van der Waals surface area contributed by atoms with Crippen LogP contribution in [0.5, 0.6) is 0 Å². The Morgan fingerprint density at radius 1 is 1.44 bits per heavy atom. The van der Waals surface area contributed by atoms with E-state index < -0.39 is 6.10 Å². The smallest absolute Gasteiger partial charge is 0.133 e. The summed E-state index contributed by atoms with van der Waals surface area (Å²) < 4.78 is 5.18. The third-order valence-corrected chi connectivity index (χ3v) is 4.01. The highest BCUT2D eigenvalue weighted by atomic mass is 16.4. The minimum atomic E-state index is -0.533. The van der Waals surface area contributed by atoms with E-state index in [2.05, 4.69) is 12.2 Å². The van der Waals surface area contributed by atoms with Crippen LogP contribution in [0.4, 0.5) is 0 Å².